The molecule has 1 unspecified atom stereocenters. The monoisotopic (exact) mass is 289 g/mol. The topological polar surface area (TPSA) is 44.4 Å². The second-order valence-electron chi connectivity index (χ2n) is 6.43. The summed E-state index contributed by atoms with van der Waals surface area (Å²) in [4.78, 5) is 14.5. The Balaban J connectivity index is 1.90. The average molecular weight is 289 g/mol. The normalized spacial score (nSPS) is 19.4. The Bertz CT molecular complexity index is 477. The van der Waals surface area contributed by atoms with Gasteiger partial charge in [0.25, 0.3) is 0 Å². The lowest BCUT2D eigenvalue weighted by Crippen LogP contribution is -2.51. The summed E-state index contributed by atoms with van der Waals surface area (Å²) in [6.07, 6.45) is 0.774. The van der Waals surface area contributed by atoms with E-state index in [0.29, 0.717) is 18.5 Å². The van der Waals surface area contributed by atoms with Crippen molar-refractivity contribution >= 4 is 5.91 Å². The van der Waals surface area contributed by atoms with Crippen molar-refractivity contribution in [3.8, 4) is 0 Å². The maximum Gasteiger partial charge on any atom is 0.237 e. The first-order chi connectivity index (χ1) is 9.99. The average Bonchev–Trinajstić information content (AvgIpc) is 2.46. The Morgan fingerprint density at radius 1 is 1.33 bits per heavy atom. The first-order valence-electron chi connectivity index (χ1n) is 7.73. The second-order valence-corrected chi connectivity index (χ2v) is 6.43. The minimum Gasteiger partial charge on any atom is -0.353 e. The number of fused-ring (bicyclic) bond motifs is 1. The lowest BCUT2D eigenvalue weighted by atomic mass is 9.95. The summed E-state index contributed by atoms with van der Waals surface area (Å²) in [6, 6.07) is 8.58. The molecule has 0 aliphatic carbocycles. The Morgan fingerprint density at radius 2 is 2.00 bits per heavy atom. The van der Waals surface area contributed by atoms with Gasteiger partial charge >= 0.3 is 0 Å². The van der Waals surface area contributed by atoms with Crippen LogP contribution in [0.4, 0.5) is 0 Å². The van der Waals surface area contributed by atoms with Gasteiger partial charge in [-0.2, -0.15) is 0 Å². The van der Waals surface area contributed by atoms with E-state index in [-0.39, 0.29) is 11.9 Å². The van der Waals surface area contributed by atoms with Crippen molar-refractivity contribution in [1.29, 1.82) is 0 Å². The van der Waals surface area contributed by atoms with Crippen LogP contribution in [0.15, 0.2) is 24.3 Å². The Morgan fingerprint density at radius 3 is 2.62 bits per heavy atom. The largest absolute Gasteiger partial charge is 0.353 e. The van der Waals surface area contributed by atoms with E-state index >= 15 is 0 Å². The van der Waals surface area contributed by atoms with Crippen LogP contribution in [0.1, 0.15) is 25.0 Å². The summed E-state index contributed by atoms with van der Waals surface area (Å²) in [5.41, 5.74) is 2.58. The molecule has 0 radical (unpaired) electrons. The first-order valence-corrected chi connectivity index (χ1v) is 7.73. The van der Waals surface area contributed by atoms with E-state index in [9.17, 15) is 4.79 Å². The zero-order valence-corrected chi connectivity index (χ0v) is 13.5. The van der Waals surface area contributed by atoms with Crippen molar-refractivity contribution in [2.75, 3.05) is 20.6 Å². The molecule has 2 N–H and O–H groups in total. The van der Waals surface area contributed by atoms with Crippen LogP contribution in [-0.4, -0.2) is 43.5 Å². The van der Waals surface area contributed by atoms with Crippen LogP contribution in [0.3, 0.4) is 0 Å². The molecule has 0 aromatic heterocycles. The number of carbonyl (C=O) groups excluding carboxylic acids is 1. The molecule has 0 saturated carbocycles. The van der Waals surface area contributed by atoms with Crippen LogP contribution in [0.2, 0.25) is 0 Å². The number of benzene rings is 1. The molecule has 4 nitrogen and oxygen atoms in total. The van der Waals surface area contributed by atoms with Gasteiger partial charge < -0.3 is 15.5 Å². The first kappa shape index (κ1) is 16.0. The fourth-order valence-electron chi connectivity index (χ4n) is 2.98. The minimum atomic E-state index is -0.116. The van der Waals surface area contributed by atoms with Crippen molar-refractivity contribution in [3.05, 3.63) is 35.4 Å². The molecule has 4 heteroatoms. The molecule has 1 heterocycles. The third kappa shape index (κ3) is 4.05. The summed E-state index contributed by atoms with van der Waals surface area (Å²) < 4.78 is 0. The zero-order valence-electron chi connectivity index (χ0n) is 13.5. The lowest BCUT2D eigenvalue weighted by molar-refractivity contribution is -0.123. The second kappa shape index (κ2) is 7.05. The van der Waals surface area contributed by atoms with E-state index in [0.717, 1.165) is 13.0 Å². The summed E-state index contributed by atoms with van der Waals surface area (Å²) in [7, 11) is 4.12. The quantitative estimate of drug-likeness (QED) is 0.861. The molecule has 0 fully saturated rings. The van der Waals surface area contributed by atoms with Gasteiger partial charge in [-0.25, -0.2) is 0 Å². The van der Waals surface area contributed by atoms with E-state index in [4.69, 9.17) is 0 Å². The maximum atomic E-state index is 12.4. The Kier molecular flexibility index (Phi) is 5.37. The molecule has 0 saturated heterocycles. The summed E-state index contributed by atoms with van der Waals surface area (Å²) in [5.74, 6) is 0.623. The van der Waals surface area contributed by atoms with Crippen molar-refractivity contribution in [3.63, 3.8) is 0 Å². The molecule has 1 aromatic carbocycles. The number of carbonyl (C=O) groups is 1. The molecule has 116 valence electrons. The highest BCUT2D eigenvalue weighted by atomic mass is 16.2. The molecular formula is C17H27N3O. The van der Waals surface area contributed by atoms with Crippen LogP contribution < -0.4 is 10.6 Å². The standard InChI is InChI=1S/C17H27N3O/c1-12(2)16(20(3)4)11-19-17(21)15-9-13-7-5-6-8-14(13)10-18-15/h5-8,12,15-16,18H,9-11H2,1-4H3,(H,19,21)/t15-,16?/m0/s1. The fraction of sp³-hybridized carbons (Fsp3) is 0.588. The van der Waals surface area contributed by atoms with Crippen molar-refractivity contribution in [2.45, 2.75) is 38.9 Å². The van der Waals surface area contributed by atoms with Crippen LogP contribution in [-0.2, 0) is 17.8 Å². The maximum absolute atomic E-state index is 12.4. The van der Waals surface area contributed by atoms with Crippen LogP contribution in [0, 0.1) is 5.92 Å². The van der Waals surface area contributed by atoms with E-state index in [2.05, 4.69) is 55.6 Å². The third-order valence-electron chi connectivity index (χ3n) is 4.32. The van der Waals surface area contributed by atoms with Crippen LogP contribution in [0.25, 0.3) is 0 Å². The summed E-state index contributed by atoms with van der Waals surface area (Å²) >= 11 is 0. The highest BCUT2D eigenvalue weighted by molar-refractivity contribution is 5.82. The van der Waals surface area contributed by atoms with Crippen LogP contribution >= 0.6 is 0 Å². The molecule has 0 bridgehead atoms. The molecule has 1 aromatic rings. The smallest absolute Gasteiger partial charge is 0.237 e. The van der Waals surface area contributed by atoms with Crippen LogP contribution in [0.5, 0.6) is 0 Å². The molecule has 1 amide bonds. The van der Waals surface area contributed by atoms with Gasteiger partial charge in [-0.15, -0.1) is 0 Å². The number of likely N-dealkylation sites (N-methyl/N-ethyl adjacent to an activating group) is 1. The SMILES string of the molecule is CC(C)C(CNC(=O)[C@@H]1Cc2ccccc2CN1)N(C)C. The van der Waals surface area contributed by atoms with E-state index in [1.807, 2.05) is 12.1 Å². The molecule has 2 rings (SSSR count). The molecule has 1 aliphatic heterocycles. The summed E-state index contributed by atoms with van der Waals surface area (Å²) in [5, 5.41) is 6.43. The Labute approximate surface area is 127 Å². The predicted molar refractivity (Wildman–Crippen MR) is 86.1 cm³/mol. The number of amides is 1. The van der Waals surface area contributed by atoms with E-state index in [1.54, 1.807) is 0 Å². The predicted octanol–water partition coefficient (Wildman–Crippen LogP) is 1.40. The third-order valence-corrected chi connectivity index (χ3v) is 4.32. The highest BCUT2D eigenvalue weighted by Gasteiger charge is 2.25. The van der Waals surface area contributed by atoms with Crippen molar-refractivity contribution in [1.82, 2.24) is 15.5 Å². The number of hydrogen-bond donors (Lipinski definition) is 2. The number of hydrogen-bond acceptors (Lipinski definition) is 3. The van der Waals surface area contributed by atoms with Gasteiger partial charge in [0.05, 0.1) is 6.04 Å². The van der Waals surface area contributed by atoms with Gasteiger partial charge in [0.1, 0.15) is 0 Å². The Hall–Kier alpha value is -1.39. The molecular weight excluding hydrogens is 262 g/mol. The van der Waals surface area contributed by atoms with E-state index < -0.39 is 0 Å². The van der Waals surface area contributed by atoms with Gasteiger partial charge in [-0.1, -0.05) is 38.1 Å². The number of nitrogens with zero attached hydrogens (tertiary/aromatic N) is 1. The molecule has 0 spiro atoms. The minimum absolute atomic E-state index is 0.108. The molecule has 2 atom stereocenters. The van der Waals surface area contributed by atoms with Crippen molar-refractivity contribution in [2.24, 2.45) is 5.92 Å². The highest BCUT2D eigenvalue weighted by Crippen LogP contribution is 2.16. The van der Waals surface area contributed by atoms with Gasteiger partial charge in [0.15, 0.2) is 0 Å². The van der Waals surface area contributed by atoms with Gasteiger partial charge in [0.2, 0.25) is 5.91 Å². The molecule has 21 heavy (non-hydrogen) atoms. The number of rotatable bonds is 5. The van der Waals surface area contributed by atoms with Gasteiger partial charge in [-0.05, 0) is 37.6 Å². The van der Waals surface area contributed by atoms with Gasteiger partial charge in [-0.3, -0.25) is 4.79 Å². The lowest BCUT2D eigenvalue weighted by Gasteiger charge is -2.30. The van der Waals surface area contributed by atoms with E-state index in [1.165, 1.54) is 11.1 Å². The fourth-order valence-corrected chi connectivity index (χ4v) is 2.98. The number of nitrogens with one attached hydrogen (secondary N) is 2. The summed E-state index contributed by atoms with van der Waals surface area (Å²) in [6.45, 7) is 5.84. The van der Waals surface area contributed by atoms with Crippen molar-refractivity contribution < 1.29 is 4.79 Å². The molecule has 1 aliphatic rings. The van der Waals surface area contributed by atoms with Gasteiger partial charge in [0, 0.05) is 19.1 Å². The zero-order chi connectivity index (χ0) is 15.4.